The van der Waals surface area contributed by atoms with E-state index in [1.54, 1.807) is 12.1 Å². The number of nitrogens with two attached hydrogens (primary N) is 1. The van der Waals surface area contributed by atoms with Gasteiger partial charge in [0.05, 0.1) is 12.1 Å². The van der Waals surface area contributed by atoms with Crippen molar-refractivity contribution in [3.8, 4) is 0 Å². The van der Waals surface area contributed by atoms with Gasteiger partial charge in [0.1, 0.15) is 5.82 Å². The van der Waals surface area contributed by atoms with Crippen molar-refractivity contribution in [1.29, 1.82) is 0 Å². The lowest BCUT2D eigenvalue weighted by molar-refractivity contribution is 0.163. The van der Waals surface area contributed by atoms with E-state index in [1.165, 1.54) is 18.9 Å². The molecule has 1 aliphatic heterocycles. The third kappa shape index (κ3) is 2.17. The molecule has 2 aliphatic rings. The van der Waals surface area contributed by atoms with Gasteiger partial charge in [-0.25, -0.2) is 4.39 Å². The minimum absolute atomic E-state index is 0.0698. The molecule has 108 valence electrons. The van der Waals surface area contributed by atoms with Crippen LogP contribution in [0.5, 0.6) is 0 Å². The molecule has 1 aliphatic carbocycles. The number of benzene rings is 1. The van der Waals surface area contributed by atoms with E-state index in [0.717, 1.165) is 25.1 Å². The second-order valence-corrected chi connectivity index (χ2v) is 6.91. The molecular weight excluding hydrogens is 253 g/mol. The first-order valence-electron chi connectivity index (χ1n) is 7.28. The van der Waals surface area contributed by atoms with Crippen molar-refractivity contribution < 1.29 is 4.39 Å². The number of aliphatic imine (C=N–C) groups is 1. The van der Waals surface area contributed by atoms with Gasteiger partial charge in [0, 0.05) is 5.69 Å². The van der Waals surface area contributed by atoms with Gasteiger partial charge in [0.25, 0.3) is 0 Å². The third-order valence-corrected chi connectivity index (χ3v) is 4.61. The topological polar surface area (TPSA) is 41.6 Å². The van der Waals surface area contributed by atoms with Gasteiger partial charge in [-0.3, -0.25) is 4.99 Å². The van der Waals surface area contributed by atoms with Crippen LogP contribution in [-0.2, 0) is 0 Å². The number of rotatable bonds is 1. The van der Waals surface area contributed by atoms with Crippen LogP contribution in [0.4, 0.5) is 10.1 Å². The summed E-state index contributed by atoms with van der Waals surface area (Å²) in [4.78, 5) is 6.53. The Hall–Kier alpha value is -1.58. The Labute approximate surface area is 119 Å². The minimum atomic E-state index is -0.229. The van der Waals surface area contributed by atoms with E-state index in [2.05, 4.69) is 23.7 Å². The average Bonchev–Trinajstić information content (AvgIpc) is 2.64. The van der Waals surface area contributed by atoms with Crippen molar-refractivity contribution in [3.63, 3.8) is 0 Å². The number of hydrogen-bond acceptors (Lipinski definition) is 3. The maximum absolute atomic E-state index is 13.5. The van der Waals surface area contributed by atoms with Crippen molar-refractivity contribution in [3.05, 3.63) is 30.1 Å². The van der Waals surface area contributed by atoms with Crippen LogP contribution in [0.2, 0.25) is 0 Å². The molecule has 1 aromatic rings. The zero-order chi connectivity index (χ0) is 14.4. The Balaban J connectivity index is 2.00. The molecule has 3 rings (SSSR count). The fraction of sp³-hybridized carbons (Fsp3) is 0.562. The standard InChI is InChI=1S/C16H22FN3/c1-15(2)7-4-8-16(10-15)11-19-14(18)20(16)13-6-3-5-12(17)9-13/h3,5-6,9H,4,7-8,10-11H2,1-2H3,(H2,18,19). The van der Waals surface area contributed by atoms with Crippen LogP contribution < -0.4 is 10.6 Å². The predicted molar refractivity (Wildman–Crippen MR) is 80.3 cm³/mol. The van der Waals surface area contributed by atoms with Crippen LogP contribution >= 0.6 is 0 Å². The van der Waals surface area contributed by atoms with Gasteiger partial charge in [-0.05, 0) is 42.9 Å². The Morgan fingerprint density at radius 2 is 2.10 bits per heavy atom. The van der Waals surface area contributed by atoms with Crippen LogP contribution in [0.3, 0.4) is 0 Å². The van der Waals surface area contributed by atoms with Crippen LogP contribution in [0.25, 0.3) is 0 Å². The van der Waals surface area contributed by atoms with Gasteiger partial charge in [-0.15, -0.1) is 0 Å². The Morgan fingerprint density at radius 3 is 2.80 bits per heavy atom. The highest BCUT2D eigenvalue weighted by Crippen LogP contribution is 2.47. The molecular formula is C16H22FN3. The van der Waals surface area contributed by atoms with E-state index in [1.807, 2.05) is 6.07 Å². The van der Waals surface area contributed by atoms with Crippen molar-refractivity contribution in [2.24, 2.45) is 16.1 Å². The molecule has 1 spiro atoms. The normalized spacial score (nSPS) is 28.8. The molecule has 1 aromatic carbocycles. The van der Waals surface area contributed by atoms with E-state index in [0.29, 0.717) is 5.96 Å². The first-order chi connectivity index (χ1) is 9.42. The smallest absolute Gasteiger partial charge is 0.196 e. The summed E-state index contributed by atoms with van der Waals surface area (Å²) < 4.78 is 13.5. The van der Waals surface area contributed by atoms with E-state index in [9.17, 15) is 4.39 Å². The van der Waals surface area contributed by atoms with E-state index in [4.69, 9.17) is 5.73 Å². The Bertz CT molecular complexity index is 552. The van der Waals surface area contributed by atoms with Crippen LogP contribution in [-0.4, -0.2) is 18.0 Å². The van der Waals surface area contributed by atoms with Crippen molar-refractivity contribution in [2.45, 2.75) is 45.1 Å². The fourth-order valence-corrected chi connectivity index (χ4v) is 3.92. The summed E-state index contributed by atoms with van der Waals surface area (Å²) in [6.07, 6.45) is 4.51. The molecule has 0 aromatic heterocycles. The van der Waals surface area contributed by atoms with Gasteiger partial charge in [0.15, 0.2) is 5.96 Å². The van der Waals surface area contributed by atoms with Crippen LogP contribution in [0.15, 0.2) is 29.3 Å². The van der Waals surface area contributed by atoms with Crippen LogP contribution in [0, 0.1) is 11.2 Å². The lowest BCUT2D eigenvalue weighted by Gasteiger charge is -2.48. The number of guanidine groups is 1. The number of anilines is 1. The summed E-state index contributed by atoms with van der Waals surface area (Å²) in [6, 6.07) is 6.67. The lowest BCUT2D eigenvalue weighted by Crippen LogP contribution is -2.55. The fourth-order valence-electron chi connectivity index (χ4n) is 3.92. The van der Waals surface area contributed by atoms with E-state index >= 15 is 0 Å². The highest BCUT2D eigenvalue weighted by atomic mass is 19.1. The largest absolute Gasteiger partial charge is 0.369 e. The summed E-state index contributed by atoms with van der Waals surface area (Å²) in [5.41, 5.74) is 7.14. The number of hydrogen-bond donors (Lipinski definition) is 1. The Morgan fingerprint density at radius 1 is 1.30 bits per heavy atom. The van der Waals surface area contributed by atoms with Gasteiger partial charge in [-0.2, -0.15) is 0 Å². The summed E-state index contributed by atoms with van der Waals surface area (Å²) in [5.74, 6) is 0.292. The SMILES string of the molecule is CC1(C)CCCC2(CN=C(N)N2c2cccc(F)c2)C1. The summed E-state index contributed by atoms with van der Waals surface area (Å²) in [6.45, 7) is 5.32. The Kier molecular flexibility index (Phi) is 3.00. The molecule has 0 amide bonds. The quantitative estimate of drug-likeness (QED) is 0.854. The van der Waals surface area contributed by atoms with Gasteiger partial charge < -0.3 is 10.6 Å². The second kappa shape index (κ2) is 4.47. The molecule has 1 saturated carbocycles. The first kappa shape index (κ1) is 13.4. The molecule has 0 saturated heterocycles. The van der Waals surface area contributed by atoms with Crippen molar-refractivity contribution in [2.75, 3.05) is 11.4 Å². The molecule has 3 nitrogen and oxygen atoms in total. The monoisotopic (exact) mass is 275 g/mol. The van der Waals surface area contributed by atoms with Crippen molar-refractivity contribution in [1.82, 2.24) is 0 Å². The zero-order valence-corrected chi connectivity index (χ0v) is 12.2. The highest BCUT2D eigenvalue weighted by Gasteiger charge is 2.48. The molecule has 0 radical (unpaired) electrons. The number of halogens is 1. The predicted octanol–water partition coefficient (Wildman–Crippen LogP) is 3.30. The van der Waals surface area contributed by atoms with Crippen molar-refractivity contribution >= 4 is 11.6 Å². The molecule has 1 fully saturated rings. The molecule has 20 heavy (non-hydrogen) atoms. The van der Waals surface area contributed by atoms with Gasteiger partial charge >= 0.3 is 0 Å². The summed E-state index contributed by atoms with van der Waals surface area (Å²) >= 11 is 0. The van der Waals surface area contributed by atoms with Gasteiger partial charge in [-0.1, -0.05) is 26.3 Å². The lowest BCUT2D eigenvalue weighted by atomic mass is 9.67. The van der Waals surface area contributed by atoms with E-state index < -0.39 is 0 Å². The molecule has 2 N–H and O–H groups in total. The molecule has 1 unspecified atom stereocenters. The third-order valence-electron chi connectivity index (χ3n) is 4.61. The zero-order valence-electron chi connectivity index (χ0n) is 12.2. The maximum Gasteiger partial charge on any atom is 0.196 e. The molecule has 4 heteroatoms. The van der Waals surface area contributed by atoms with E-state index in [-0.39, 0.29) is 16.8 Å². The minimum Gasteiger partial charge on any atom is -0.369 e. The summed E-state index contributed by atoms with van der Waals surface area (Å²) in [7, 11) is 0. The molecule has 1 heterocycles. The number of nitrogens with zero attached hydrogens (tertiary/aromatic N) is 2. The maximum atomic E-state index is 13.5. The highest BCUT2D eigenvalue weighted by molar-refractivity contribution is 5.98. The second-order valence-electron chi connectivity index (χ2n) is 6.91. The molecule has 0 bridgehead atoms. The average molecular weight is 275 g/mol. The van der Waals surface area contributed by atoms with Crippen LogP contribution in [0.1, 0.15) is 39.5 Å². The molecule has 1 atom stereocenters. The van der Waals surface area contributed by atoms with Gasteiger partial charge in [0.2, 0.25) is 0 Å². The first-order valence-corrected chi connectivity index (χ1v) is 7.28. The summed E-state index contributed by atoms with van der Waals surface area (Å²) in [5, 5.41) is 0.